The first-order valence-electron chi connectivity index (χ1n) is 9.98. The molecule has 2 aromatic carbocycles. The fourth-order valence-electron chi connectivity index (χ4n) is 5.55. The number of hydrogen-bond donors (Lipinski definition) is 0. The highest BCUT2D eigenvalue weighted by Gasteiger charge is 2.53. The zero-order valence-corrected chi connectivity index (χ0v) is 15.1. The summed E-state index contributed by atoms with van der Waals surface area (Å²) in [6.07, 6.45) is 11.4. The Labute approximate surface area is 150 Å². The molecule has 2 bridgehead atoms. The molecule has 2 atom stereocenters. The second-order valence-corrected chi connectivity index (χ2v) is 8.46. The van der Waals surface area contributed by atoms with Crippen LogP contribution in [0, 0.1) is 11.3 Å². The molecule has 2 aromatic rings. The van der Waals surface area contributed by atoms with Gasteiger partial charge in [0.1, 0.15) is 0 Å². The quantitative estimate of drug-likeness (QED) is 0.627. The van der Waals surface area contributed by atoms with E-state index in [1.165, 1.54) is 41.2 Å². The Hall–Kier alpha value is -1.89. The van der Waals surface area contributed by atoms with E-state index in [1.54, 1.807) is 5.57 Å². The molecule has 0 aromatic heterocycles. The molecular weight excluding hydrogens is 304 g/mol. The van der Waals surface area contributed by atoms with E-state index in [2.05, 4.69) is 43.3 Å². The molecule has 0 aliphatic heterocycles. The summed E-state index contributed by atoms with van der Waals surface area (Å²) in [6.45, 7) is 2.24. The van der Waals surface area contributed by atoms with Gasteiger partial charge in [-0.25, -0.2) is 0 Å². The predicted molar refractivity (Wildman–Crippen MR) is 103 cm³/mol. The Morgan fingerprint density at radius 2 is 2.08 bits per heavy atom. The second kappa shape index (κ2) is 5.56. The van der Waals surface area contributed by atoms with Crippen molar-refractivity contribution in [1.82, 2.24) is 0 Å². The van der Waals surface area contributed by atoms with E-state index in [4.69, 9.17) is 0 Å². The van der Waals surface area contributed by atoms with Crippen molar-refractivity contribution in [2.24, 2.45) is 11.3 Å². The van der Waals surface area contributed by atoms with Crippen molar-refractivity contribution in [1.29, 1.82) is 0 Å². The summed E-state index contributed by atoms with van der Waals surface area (Å²) in [7, 11) is 0. The SMILES string of the molecule is CCCCc1ccc2cc3c(cc2c1)C(=O)C1(CC3)CC2=CCC1C2. The molecule has 5 rings (SSSR count). The van der Waals surface area contributed by atoms with E-state index in [9.17, 15) is 4.79 Å². The van der Waals surface area contributed by atoms with Crippen molar-refractivity contribution in [3.8, 4) is 0 Å². The van der Waals surface area contributed by atoms with Gasteiger partial charge in [0.2, 0.25) is 0 Å². The zero-order valence-electron chi connectivity index (χ0n) is 15.1. The summed E-state index contributed by atoms with van der Waals surface area (Å²) in [5.41, 5.74) is 5.19. The van der Waals surface area contributed by atoms with Gasteiger partial charge in [-0.3, -0.25) is 4.79 Å². The number of carbonyl (C=O) groups excluding carboxylic acids is 1. The Morgan fingerprint density at radius 1 is 1.16 bits per heavy atom. The largest absolute Gasteiger partial charge is 0.294 e. The molecule has 3 aliphatic carbocycles. The molecule has 1 fully saturated rings. The molecule has 0 N–H and O–H groups in total. The van der Waals surface area contributed by atoms with E-state index in [1.807, 2.05) is 0 Å². The van der Waals surface area contributed by atoms with Crippen LogP contribution in [0.5, 0.6) is 0 Å². The highest BCUT2D eigenvalue weighted by molar-refractivity contribution is 6.06. The summed E-state index contributed by atoms with van der Waals surface area (Å²) in [5.74, 6) is 1.03. The monoisotopic (exact) mass is 330 g/mol. The normalized spacial score (nSPS) is 27.2. The van der Waals surface area contributed by atoms with Crippen LogP contribution in [-0.4, -0.2) is 5.78 Å². The lowest BCUT2D eigenvalue weighted by Gasteiger charge is -2.38. The van der Waals surface area contributed by atoms with Gasteiger partial charge in [0.15, 0.2) is 5.78 Å². The maximum absolute atomic E-state index is 13.5. The first-order chi connectivity index (χ1) is 12.2. The average molecular weight is 330 g/mol. The maximum atomic E-state index is 13.5. The van der Waals surface area contributed by atoms with Gasteiger partial charge in [0.05, 0.1) is 0 Å². The number of hydrogen-bond acceptors (Lipinski definition) is 1. The summed E-state index contributed by atoms with van der Waals surface area (Å²) in [4.78, 5) is 13.5. The number of rotatable bonds is 3. The molecule has 3 aliphatic rings. The Morgan fingerprint density at radius 3 is 2.84 bits per heavy atom. The van der Waals surface area contributed by atoms with Crippen molar-refractivity contribution < 1.29 is 4.79 Å². The maximum Gasteiger partial charge on any atom is 0.169 e. The van der Waals surface area contributed by atoms with Crippen molar-refractivity contribution >= 4 is 16.6 Å². The van der Waals surface area contributed by atoms with Gasteiger partial charge in [-0.15, -0.1) is 0 Å². The molecule has 0 radical (unpaired) electrons. The van der Waals surface area contributed by atoms with Gasteiger partial charge < -0.3 is 0 Å². The Kier molecular flexibility index (Phi) is 3.42. The fraction of sp³-hybridized carbons (Fsp3) is 0.458. The number of fused-ring (bicyclic) bond motifs is 5. The van der Waals surface area contributed by atoms with Crippen molar-refractivity contribution in [2.75, 3.05) is 0 Å². The molecule has 128 valence electrons. The Bertz CT molecular complexity index is 904. The van der Waals surface area contributed by atoms with E-state index in [-0.39, 0.29) is 5.41 Å². The number of ketones is 1. The van der Waals surface area contributed by atoms with Crippen LogP contribution in [0.3, 0.4) is 0 Å². The van der Waals surface area contributed by atoms with Gasteiger partial charge in [-0.05, 0) is 78.8 Å². The highest BCUT2D eigenvalue weighted by Crippen LogP contribution is 2.58. The molecular formula is C24H26O. The minimum atomic E-state index is -0.0649. The minimum Gasteiger partial charge on any atom is -0.294 e. The molecule has 2 unspecified atom stereocenters. The number of unbranched alkanes of at least 4 members (excludes halogenated alkanes) is 1. The van der Waals surface area contributed by atoms with Gasteiger partial charge in [-0.2, -0.15) is 0 Å². The number of carbonyl (C=O) groups is 1. The third kappa shape index (κ3) is 2.25. The topological polar surface area (TPSA) is 17.1 Å². The summed E-state index contributed by atoms with van der Waals surface area (Å²) >= 11 is 0. The zero-order chi connectivity index (χ0) is 17.0. The first-order valence-corrected chi connectivity index (χ1v) is 9.98. The van der Waals surface area contributed by atoms with Crippen LogP contribution in [0.1, 0.15) is 66.9 Å². The summed E-state index contributed by atoms with van der Waals surface area (Å²) in [6, 6.07) is 11.3. The lowest BCUT2D eigenvalue weighted by molar-refractivity contribution is 0.0671. The predicted octanol–water partition coefficient (Wildman–Crippen LogP) is 6.04. The number of aryl methyl sites for hydroxylation is 2. The lowest BCUT2D eigenvalue weighted by Crippen LogP contribution is -2.39. The molecule has 0 amide bonds. The Balaban J connectivity index is 1.57. The average Bonchev–Trinajstić information content (AvgIpc) is 3.24. The standard InChI is InChI=1S/C24H26O/c1-2-3-4-16-5-7-18-13-19-9-10-24(15-17-6-8-21(24)12-17)23(25)22(19)14-20(18)11-16/h5-7,11,13-14,21H,2-4,8-10,12,15H2,1H3. The van der Waals surface area contributed by atoms with Crippen LogP contribution in [0.15, 0.2) is 42.0 Å². The molecule has 1 saturated carbocycles. The molecule has 1 nitrogen and oxygen atoms in total. The molecule has 1 spiro atoms. The minimum absolute atomic E-state index is 0.0649. The summed E-state index contributed by atoms with van der Waals surface area (Å²) < 4.78 is 0. The van der Waals surface area contributed by atoms with Crippen LogP contribution < -0.4 is 0 Å². The highest BCUT2D eigenvalue weighted by atomic mass is 16.1. The summed E-state index contributed by atoms with van der Waals surface area (Å²) in [5, 5.41) is 2.54. The van der Waals surface area contributed by atoms with Crippen LogP contribution in [0.4, 0.5) is 0 Å². The van der Waals surface area contributed by atoms with Gasteiger partial charge >= 0.3 is 0 Å². The number of Topliss-reactive ketones (excluding diaryl/α,β-unsaturated/α-hetero) is 1. The third-order valence-electron chi connectivity index (χ3n) is 7.01. The van der Waals surface area contributed by atoms with Crippen LogP contribution in [0.2, 0.25) is 0 Å². The fourth-order valence-corrected chi connectivity index (χ4v) is 5.55. The van der Waals surface area contributed by atoms with Crippen LogP contribution >= 0.6 is 0 Å². The van der Waals surface area contributed by atoms with Crippen molar-refractivity contribution in [2.45, 2.75) is 58.3 Å². The van der Waals surface area contributed by atoms with Crippen molar-refractivity contribution in [3.63, 3.8) is 0 Å². The van der Waals surface area contributed by atoms with Crippen LogP contribution in [-0.2, 0) is 12.8 Å². The van der Waals surface area contributed by atoms with Gasteiger partial charge in [-0.1, -0.05) is 49.3 Å². The van der Waals surface area contributed by atoms with E-state index >= 15 is 0 Å². The van der Waals surface area contributed by atoms with Gasteiger partial charge in [0.25, 0.3) is 0 Å². The van der Waals surface area contributed by atoms with Crippen LogP contribution in [0.25, 0.3) is 10.8 Å². The number of allylic oxidation sites excluding steroid dienone is 2. The smallest absolute Gasteiger partial charge is 0.169 e. The van der Waals surface area contributed by atoms with Crippen molar-refractivity contribution in [3.05, 3.63) is 58.7 Å². The second-order valence-electron chi connectivity index (χ2n) is 8.46. The number of benzene rings is 2. The molecule has 0 heterocycles. The lowest BCUT2D eigenvalue weighted by atomic mass is 9.63. The van der Waals surface area contributed by atoms with E-state index < -0.39 is 0 Å². The molecule has 25 heavy (non-hydrogen) atoms. The van der Waals surface area contributed by atoms with E-state index in [0.717, 1.165) is 37.7 Å². The van der Waals surface area contributed by atoms with E-state index in [0.29, 0.717) is 11.7 Å². The third-order valence-corrected chi connectivity index (χ3v) is 7.01. The molecule has 1 heteroatoms. The van der Waals surface area contributed by atoms with Gasteiger partial charge in [0, 0.05) is 11.0 Å². The first kappa shape index (κ1) is 15.4. The molecule has 0 saturated heterocycles.